The molecule has 1 saturated carbocycles. The number of hydrogen-bond donors (Lipinski definition) is 2. The molecule has 0 aromatic carbocycles. The van der Waals surface area contributed by atoms with Crippen LogP contribution >= 0.6 is 11.3 Å². The lowest BCUT2D eigenvalue weighted by Gasteiger charge is -2.41. The van der Waals surface area contributed by atoms with Crippen molar-refractivity contribution in [3.05, 3.63) is 21.9 Å². The van der Waals surface area contributed by atoms with Crippen molar-refractivity contribution in [1.29, 1.82) is 0 Å². The Morgan fingerprint density at radius 1 is 1.64 bits per heavy atom. The van der Waals surface area contributed by atoms with Crippen molar-refractivity contribution in [2.24, 2.45) is 0 Å². The second-order valence-corrected chi connectivity index (χ2v) is 4.80. The number of carboxylic acid groups (broad SMARTS) is 1. The summed E-state index contributed by atoms with van der Waals surface area (Å²) in [6, 6.07) is 1.93. The molecule has 3 nitrogen and oxygen atoms in total. The summed E-state index contributed by atoms with van der Waals surface area (Å²) in [5.41, 5.74) is 0.210. The minimum atomic E-state index is -0.812. The van der Waals surface area contributed by atoms with Gasteiger partial charge in [-0.15, -0.1) is 11.3 Å². The summed E-state index contributed by atoms with van der Waals surface area (Å²) in [4.78, 5) is 12.1. The van der Waals surface area contributed by atoms with Gasteiger partial charge in [0.05, 0.1) is 6.10 Å². The topological polar surface area (TPSA) is 57.5 Å². The second-order valence-electron chi connectivity index (χ2n) is 3.88. The fraction of sp³-hybridized carbons (Fsp3) is 0.500. The predicted molar refractivity (Wildman–Crippen MR) is 53.6 cm³/mol. The summed E-state index contributed by atoms with van der Waals surface area (Å²) in [6.45, 7) is 1.92. The van der Waals surface area contributed by atoms with Crippen LogP contribution in [-0.4, -0.2) is 22.3 Å². The normalized spacial score (nSPS) is 31.1. The highest BCUT2D eigenvalue weighted by Crippen LogP contribution is 2.47. The Bertz CT molecular complexity index is 363. The first-order chi connectivity index (χ1) is 6.56. The zero-order chi connectivity index (χ0) is 10.3. The molecule has 2 N–H and O–H groups in total. The molecule has 1 aromatic rings. The minimum Gasteiger partial charge on any atom is -0.481 e. The average Bonchev–Trinajstić information content (AvgIpc) is 2.45. The van der Waals surface area contributed by atoms with Crippen LogP contribution in [0.4, 0.5) is 0 Å². The maximum atomic E-state index is 11.2. The highest BCUT2D eigenvalue weighted by atomic mass is 32.1. The molecule has 4 heteroatoms. The maximum absolute atomic E-state index is 11.2. The highest BCUT2D eigenvalue weighted by Gasteiger charge is 2.52. The number of hydrogen-bond acceptors (Lipinski definition) is 3. The summed E-state index contributed by atoms with van der Waals surface area (Å²) >= 11 is 1.47. The van der Waals surface area contributed by atoms with E-state index in [9.17, 15) is 15.0 Å². The molecule has 0 amide bonds. The monoisotopic (exact) mass is 212 g/mol. The van der Waals surface area contributed by atoms with Gasteiger partial charge in [0.25, 0.3) is 0 Å². The first-order valence-electron chi connectivity index (χ1n) is 4.52. The molecule has 2 rings (SSSR count). The molecule has 1 heterocycles. The lowest BCUT2D eigenvalue weighted by Crippen LogP contribution is -2.50. The van der Waals surface area contributed by atoms with Crippen LogP contribution in [0.2, 0.25) is 0 Å². The van der Waals surface area contributed by atoms with E-state index < -0.39 is 17.5 Å². The summed E-state index contributed by atoms with van der Waals surface area (Å²) in [7, 11) is 0. The van der Waals surface area contributed by atoms with Crippen molar-refractivity contribution in [3.63, 3.8) is 0 Å². The number of carbonyl (C=O) groups is 1. The van der Waals surface area contributed by atoms with Crippen molar-refractivity contribution < 1.29 is 15.0 Å². The zero-order valence-electron chi connectivity index (χ0n) is 7.86. The molecular weight excluding hydrogens is 200 g/mol. The third-order valence-corrected chi connectivity index (χ3v) is 4.09. The van der Waals surface area contributed by atoms with Gasteiger partial charge in [0.1, 0.15) is 5.41 Å². The van der Waals surface area contributed by atoms with E-state index in [1.54, 1.807) is 0 Å². The van der Waals surface area contributed by atoms with Crippen LogP contribution in [0.15, 0.2) is 11.4 Å². The number of aliphatic carboxylic acids is 1. The highest BCUT2D eigenvalue weighted by molar-refractivity contribution is 7.10. The first-order valence-corrected chi connectivity index (χ1v) is 5.40. The van der Waals surface area contributed by atoms with Gasteiger partial charge in [-0.3, -0.25) is 4.79 Å². The van der Waals surface area contributed by atoms with Gasteiger partial charge in [0.2, 0.25) is 0 Å². The Morgan fingerprint density at radius 3 is 2.64 bits per heavy atom. The van der Waals surface area contributed by atoms with Gasteiger partial charge >= 0.3 is 5.97 Å². The third kappa shape index (κ3) is 1.18. The van der Waals surface area contributed by atoms with E-state index in [1.807, 2.05) is 18.4 Å². The zero-order valence-corrected chi connectivity index (χ0v) is 8.67. The summed E-state index contributed by atoms with van der Waals surface area (Å²) in [5, 5.41) is 20.4. The fourth-order valence-corrected chi connectivity index (χ4v) is 3.21. The van der Waals surface area contributed by atoms with Crippen molar-refractivity contribution >= 4 is 17.3 Å². The molecule has 1 fully saturated rings. The fourth-order valence-electron chi connectivity index (χ4n) is 2.06. The van der Waals surface area contributed by atoms with Gasteiger partial charge < -0.3 is 10.2 Å². The Hall–Kier alpha value is -0.870. The lowest BCUT2D eigenvalue weighted by molar-refractivity contribution is -0.152. The third-order valence-electron chi connectivity index (χ3n) is 2.87. The van der Waals surface area contributed by atoms with E-state index in [1.165, 1.54) is 11.3 Å². The van der Waals surface area contributed by atoms with Crippen LogP contribution in [0.1, 0.15) is 23.3 Å². The summed E-state index contributed by atoms with van der Waals surface area (Å²) < 4.78 is 0. The largest absolute Gasteiger partial charge is 0.481 e. The number of rotatable bonds is 2. The predicted octanol–water partition coefficient (Wildman–Crippen LogP) is 1.53. The SMILES string of the molecule is Cc1ccsc1C1(C(=O)O)CC(O)C1. The van der Waals surface area contributed by atoms with E-state index in [4.69, 9.17) is 0 Å². The van der Waals surface area contributed by atoms with E-state index in [-0.39, 0.29) is 0 Å². The van der Waals surface area contributed by atoms with E-state index >= 15 is 0 Å². The average molecular weight is 212 g/mol. The molecular formula is C10H12O3S. The van der Waals surface area contributed by atoms with Crippen LogP contribution in [0, 0.1) is 6.92 Å². The van der Waals surface area contributed by atoms with Gasteiger partial charge in [-0.2, -0.15) is 0 Å². The first kappa shape index (κ1) is 9.68. The molecule has 1 aromatic heterocycles. The molecule has 0 spiro atoms. The van der Waals surface area contributed by atoms with Crippen molar-refractivity contribution in [2.45, 2.75) is 31.3 Å². The van der Waals surface area contributed by atoms with Gasteiger partial charge in [0, 0.05) is 4.88 Å². The maximum Gasteiger partial charge on any atom is 0.315 e. The molecule has 0 bridgehead atoms. The minimum absolute atomic E-state index is 0.351. The second kappa shape index (κ2) is 3.07. The Morgan fingerprint density at radius 2 is 2.29 bits per heavy atom. The summed E-state index contributed by atoms with van der Waals surface area (Å²) in [5.74, 6) is -0.812. The Labute approximate surface area is 86.0 Å². The number of thiophene rings is 1. The quantitative estimate of drug-likeness (QED) is 0.781. The Kier molecular flexibility index (Phi) is 2.12. The van der Waals surface area contributed by atoms with Crippen LogP contribution in [0.5, 0.6) is 0 Å². The Balaban J connectivity index is 2.39. The van der Waals surface area contributed by atoms with E-state index in [0.29, 0.717) is 12.8 Å². The standard InChI is InChI=1S/C10H12O3S/c1-6-2-3-14-8(6)10(9(12)13)4-7(11)5-10/h2-3,7,11H,4-5H2,1H3,(H,12,13). The van der Waals surface area contributed by atoms with Crippen molar-refractivity contribution in [3.8, 4) is 0 Å². The van der Waals surface area contributed by atoms with Crippen molar-refractivity contribution in [1.82, 2.24) is 0 Å². The van der Waals surface area contributed by atoms with Crippen LogP contribution < -0.4 is 0 Å². The van der Waals surface area contributed by atoms with E-state index in [2.05, 4.69) is 0 Å². The van der Waals surface area contributed by atoms with Gasteiger partial charge in [-0.25, -0.2) is 0 Å². The number of aliphatic hydroxyl groups excluding tert-OH is 1. The molecule has 76 valence electrons. The molecule has 1 aliphatic carbocycles. The molecule has 0 aliphatic heterocycles. The number of aryl methyl sites for hydroxylation is 1. The van der Waals surface area contributed by atoms with E-state index in [0.717, 1.165) is 10.4 Å². The van der Waals surface area contributed by atoms with Gasteiger partial charge in [0.15, 0.2) is 0 Å². The van der Waals surface area contributed by atoms with Crippen LogP contribution in [-0.2, 0) is 10.2 Å². The smallest absolute Gasteiger partial charge is 0.315 e. The van der Waals surface area contributed by atoms with Crippen molar-refractivity contribution in [2.75, 3.05) is 0 Å². The molecule has 0 saturated heterocycles. The van der Waals surface area contributed by atoms with Crippen LogP contribution in [0.25, 0.3) is 0 Å². The summed E-state index contributed by atoms with van der Waals surface area (Å²) in [6.07, 6.45) is 0.250. The molecule has 0 atom stereocenters. The van der Waals surface area contributed by atoms with Gasteiger partial charge in [-0.05, 0) is 36.8 Å². The lowest BCUT2D eigenvalue weighted by atomic mass is 9.65. The number of carboxylic acids is 1. The van der Waals surface area contributed by atoms with Crippen LogP contribution in [0.3, 0.4) is 0 Å². The molecule has 14 heavy (non-hydrogen) atoms. The molecule has 1 aliphatic rings. The molecule has 0 unspecified atom stereocenters. The number of aliphatic hydroxyl groups is 1. The molecule has 0 radical (unpaired) electrons. The van der Waals surface area contributed by atoms with Gasteiger partial charge in [-0.1, -0.05) is 0 Å².